The molecule has 2 heterocycles. The first-order valence-electron chi connectivity index (χ1n) is 6.16. The van der Waals surface area contributed by atoms with Crippen molar-refractivity contribution in [2.24, 2.45) is 11.8 Å². The number of hydrogen-bond acceptors (Lipinski definition) is 6. The Bertz CT molecular complexity index is 575. The number of nitrogens with one attached hydrogen (secondary N) is 2. The van der Waals surface area contributed by atoms with Crippen molar-refractivity contribution < 1.29 is 13.2 Å². The van der Waals surface area contributed by atoms with Crippen molar-refractivity contribution in [2.45, 2.75) is 24.3 Å². The van der Waals surface area contributed by atoms with Gasteiger partial charge in [0, 0.05) is 24.8 Å². The number of hydrazine groups is 1. The molecule has 0 bridgehead atoms. The molecule has 9 heteroatoms. The minimum absolute atomic E-state index is 0.00673. The second-order valence-corrected chi connectivity index (χ2v) is 6.80. The zero-order valence-corrected chi connectivity index (χ0v) is 12.5. The molecule has 0 radical (unpaired) electrons. The van der Waals surface area contributed by atoms with Gasteiger partial charge in [0.15, 0.2) is 5.82 Å². The van der Waals surface area contributed by atoms with Gasteiger partial charge in [-0.05, 0) is 19.4 Å². The number of halogens is 1. The highest BCUT2D eigenvalue weighted by atomic mass is 35.5. The molecule has 4 N–H and O–H groups in total. The highest BCUT2D eigenvalue weighted by Crippen LogP contribution is 2.23. The fourth-order valence-corrected chi connectivity index (χ4v) is 3.60. The molecule has 112 valence electrons. The molecule has 7 nitrogen and oxygen atoms in total. The quantitative estimate of drug-likeness (QED) is 0.545. The Balaban J connectivity index is 2.15. The normalized spacial score (nSPS) is 20.9. The molecule has 20 heavy (non-hydrogen) atoms. The van der Waals surface area contributed by atoms with Gasteiger partial charge in [-0.3, -0.25) is 0 Å². The summed E-state index contributed by atoms with van der Waals surface area (Å²) in [5.41, 5.74) is 2.28. The van der Waals surface area contributed by atoms with E-state index in [2.05, 4.69) is 15.1 Å². The van der Waals surface area contributed by atoms with Gasteiger partial charge in [-0.1, -0.05) is 11.6 Å². The lowest BCUT2D eigenvalue weighted by molar-refractivity contribution is 0.180. The molecule has 2 unspecified atom stereocenters. The van der Waals surface area contributed by atoms with E-state index >= 15 is 0 Å². The third kappa shape index (κ3) is 3.39. The molecule has 0 saturated carbocycles. The number of ether oxygens (including phenoxy) is 1. The van der Waals surface area contributed by atoms with Crippen LogP contribution in [0.1, 0.15) is 13.3 Å². The number of rotatable bonds is 5. The van der Waals surface area contributed by atoms with Crippen LogP contribution < -0.4 is 16.0 Å². The minimum atomic E-state index is -3.67. The molecule has 1 aromatic rings. The highest BCUT2D eigenvalue weighted by molar-refractivity contribution is 7.89. The maximum Gasteiger partial charge on any atom is 0.242 e. The smallest absolute Gasteiger partial charge is 0.242 e. The Morgan fingerprint density at radius 2 is 2.35 bits per heavy atom. The topological polar surface area (TPSA) is 106 Å². The van der Waals surface area contributed by atoms with Crippen LogP contribution in [0.3, 0.4) is 0 Å². The van der Waals surface area contributed by atoms with Crippen LogP contribution in [0.2, 0.25) is 5.02 Å². The molecule has 1 aromatic heterocycles. The molecule has 0 aromatic carbocycles. The van der Waals surface area contributed by atoms with E-state index in [4.69, 9.17) is 22.2 Å². The van der Waals surface area contributed by atoms with Crippen LogP contribution in [0, 0.1) is 5.92 Å². The van der Waals surface area contributed by atoms with Gasteiger partial charge in [-0.15, -0.1) is 0 Å². The predicted octanol–water partition coefficient (Wildman–Crippen LogP) is 0.724. The number of nitrogens with zero attached hydrogens (tertiary/aromatic N) is 1. The molecule has 0 amide bonds. The Morgan fingerprint density at radius 3 is 2.90 bits per heavy atom. The summed E-state index contributed by atoms with van der Waals surface area (Å²) in [6, 6.07) is 1.10. The number of sulfonamides is 1. The number of pyridine rings is 1. The SMILES string of the molecule is CC(NS(=O)(=O)c1cnc(NN)c(Cl)c1)C1CCOC1. The largest absolute Gasteiger partial charge is 0.381 e. The zero-order valence-electron chi connectivity index (χ0n) is 11.0. The van der Waals surface area contributed by atoms with Crippen LogP contribution in [0.4, 0.5) is 5.82 Å². The molecule has 2 atom stereocenters. The van der Waals surface area contributed by atoms with E-state index in [1.807, 2.05) is 6.92 Å². The molecule has 1 aliphatic rings. The average Bonchev–Trinajstić information content (AvgIpc) is 2.92. The fourth-order valence-electron chi connectivity index (χ4n) is 2.03. The van der Waals surface area contributed by atoms with Gasteiger partial charge in [0.25, 0.3) is 0 Å². The van der Waals surface area contributed by atoms with E-state index in [-0.39, 0.29) is 27.7 Å². The summed E-state index contributed by atoms with van der Waals surface area (Å²) >= 11 is 5.88. The van der Waals surface area contributed by atoms with Crippen LogP contribution in [-0.2, 0) is 14.8 Å². The Labute approximate surface area is 122 Å². The summed E-state index contributed by atoms with van der Waals surface area (Å²) in [7, 11) is -3.67. The molecular formula is C11H17ClN4O3S. The van der Waals surface area contributed by atoms with Crippen molar-refractivity contribution >= 4 is 27.4 Å². The number of nitrogens with two attached hydrogens (primary N) is 1. The van der Waals surface area contributed by atoms with Crippen molar-refractivity contribution in [3.05, 3.63) is 17.3 Å². The van der Waals surface area contributed by atoms with E-state index in [1.165, 1.54) is 12.3 Å². The molecule has 1 aliphatic heterocycles. The van der Waals surface area contributed by atoms with Crippen molar-refractivity contribution in [3.63, 3.8) is 0 Å². The zero-order chi connectivity index (χ0) is 14.8. The van der Waals surface area contributed by atoms with Crippen molar-refractivity contribution in [2.75, 3.05) is 18.6 Å². The Kier molecular flexibility index (Phi) is 4.82. The van der Waals surface area contributed by atoms with Crippen LogP contribution in [0.25, 0.3) is 0 Å². The highest BCUT2D eigenvalue weighted by Gasteiger charge is 2.27. The Morgan fingerprint density at radius 1 is 1.60 bits per heavy atom. The minimum Gasteiger partial charge on any atom is -0.381 e. The standard InChI is InChI=1S/C11H17ClN4O3S/c1-7(8-2-3-19-6-8)16-20(17,18)9-4-10(12)11(15-13)14-5-9/h4-5,7-8,16H,2-3,6,13H2,1H3,(H,14,15). The third-order valence-electron chi connectivity index (χ3n) is 3.28. The lowest BCUT2D eigenvalue weighted by Gasteiger charge is -2.19. The fraction of sp³-hybridized carbons (Fsp3) is 0.545. The molecule has 1 saturated heterocycles. The number of anilines is 1. The second kappa shape index (κ2) is 6.23. The first-order valence-corrected chi connectivity index (χ1v) is 8.02. The number of hydrogen-bond donors (Lipinski definition) is 3. The van der Waals surface area contributed by atoms with Gasteiger partial charge in [0.2, 0.25) is 10.0 Å². The average molecular weight is 321 g/mol. The summed E-state index contributed by atoms with van der Waals surface area (Å²) < 4.78 is 32.4. The maximum atomic E-state index is 12.2. The van der Waals surface area contributed by atoms with Crippen LogP contribution in [-0.4, -0.2) is 32.7 Å². The molecule has 0 aliphatic carbocycles. The van der Waals surface area contributed by atoms with Gasteiger partial charge in [0.05, 0.1) is 11.6 Å². The monoisotopic (exact) mass is 320 g/mol. The summed E-state index contributed by atoms with van der Waals surface area (Å²) in [6.07, 6.45) is 2.06. The number of aromatic nitrogens is 1. The lowest BCUT2D eigenvalue weighted by Crippen LogP contribution is -2.38. The van der Waals surface area contributed by atoms with Crippen LogP contribution in [0.5, 0.6) is 0 Å². The van der Waals surface area contributed by atoms with Crippen molar-refractivity contribution in [1.29, 1.82) is 0 Å². The maximum absolute atomic E-state index is 12.2. The first kappa shape index (κ1) is 15.5. The molecule has 1 fully saturated rings. The van der Waals surface area contributed by atoms with Gasteiger partial charge in [0.1, 0.15) is 4.90 Å². The van der Waals surface area contributed by atoms with E-state index in [1.54, 1.807) is 0 Å². The molecular weight excluding hydrogens is 304 g/mol. The molecule has 2 rings (SSSR count). The van der Waals surface area contributed by atoms with Gasteiger partial charge in [-0.25, -0.2) is 24.0 Å². The van der Waals surface area contributed by atoms with E-state index in [0.29, 0.717) is 13.2 Å². The lowest BCUT2D eigenvalue weighted by atomic mass is 10.0. The first-order chi connectivity index (χ1) is 9.44. The predicted molar refractivity (Wildman–Crippen MR) is 75.8 cm³/mol. The van der Waals surface area contributed by atoms with Gasteiger partial charge in [-0.2, -0.15) is 0 Å². The van der Waals surface area contributed by atoms with E-state index < -0.39 is 10.0 Å². The molecule has 0 spiro atoms. The second-order valence-electron chi connectivity index (χ2n) is 4.68. The van der Waals surface area contributed by atoms with Crippen molar-refractivity contribution in [3.8, 4) is 0 Å². The van der Waals surface area contributed by atoms with Gasteiger partial charge >= 0.3 is 0 Å². The van der Waals surface area contributed by atoms with E-state index in [0.717, 1.165) is 6.42 Å². The van der Waals surface area contributed by atoms with Gasteiger partial charge < -0.3 is 10.2 Å². The summed E-state index contributed by atoms with van der Waals surface area (Å²) in [5.74, 6) is 5.60. The van der Waals surface area contributed by atoms with Crippen LogP contribution >= 0.6 is 11.6 Å². The summed E-state index contributed by atoms with van der Waals surface area (Å²) in [6.45, 7) is 3.06. The summed E-state index contributed by atoms with van der Waals surface area (Å²) in [4.78, 5) is 3.86. The van der Waals surface area contributed by atoms with Crippen molar-refractivity contribution in [1.82, 2.24) is 9.71 Å². The summed E-state index contributed by atoms with van der Waals surface area (Å²) in [5, 5.41) is 0.146. The third-order valence-corrected chi connectivity index (χ3v) is 5.09. The van der Waals surface area contributed by atoms with Crippen LogP contribution in [0.15, 0.2) is 17.2 Å². The number of nitrogen functional groups attached to an aromatic ring is 1. The van der Waals surface area contributed by atoms with E-state index in [9.17, 15) is 8.42 Å². The Hall–Kier alpha value is -0.930.